The first kappa shape index (κ1) is 12.6. The Balaban J connectivity index is 2.09. The van der Waals surface area contributed by atoms with Crippen molar-refractivity contribution in [3.05, 3.63) is 48.4 Å². The summed E-state index contributed by atoms with van der Waals surface area (Å²) in [7, 11) is 0. The van der Waals surface area contributed by atoms with Crippen molar-refractivity contribution in [1.82, 2.24) is 14.4 Å². The van der Waals surface area contributed by atoms with Crippen LogP contribution in [0.4, 0.5) is 0 Å². The zero-order chi connectivity index (χ0) is 13.9. The summed E-state index contributed by atoms with van der Waals surface area (Å²) in [6.07, 6.45) is 3.65. The number of fused-ring (bicyclic) bond motifs is 1. The Morgan fingerprint density at radius 2 is 2.05 bits per heavy atom. The maximum absolute atomic E-state index is 5.86. The molecule has 20 heavy (non-hydrogen) atoms. The number of imidazole rings is 1. The Morgan fingerprint density at radius 1 is 1.25 bits per heavy atom. The van der Waals surface area contributed by atoms with Crippen molar-refractivity contribution in [2.24, 2.45) is 5.73 Å². The van der Waals surface area contributed by atoms with E-state index in [0.717, 1.165) is 22.7 Å². The highest BCUT2D eigenvalue weighted by molar-refractivity contribution is 5.66. The molecule has 0 aliphatic rings. The molecule has 0 saturated carbocycles. The molecule has 0 unspecified atom stereocenters. The van der Waals surface area contributed by atoms with Crippen molar-refractivity contribution in [1.29, 1.82) is 0 Å². The van der Waals surface area contributed by atoms with E-state index in [1.807, 2.05) is 47.9 Å². The quantitative estimate of drug-likeness (QED) is 0.788. The van der Waals surface area contributed by atoms with E-state index in [-0.39, 0.29) is 0 Å². The Bertz CT molecular complexity index is 718. The average molecular weight is 268 g/mol. The van der Waals surface area contributed by atoms with E-state index in [4.69, 9.17) is 10.5 Å². The van der Waals surface area contributed by atoms with Gasteiger partial charge in [-0.1, -0.05) is 0 Å². The minimum absolute atomic E-state index is 0.412. The molecule has 0 amide bonds. The minimum atomic E-state index is 0.412. The van der Waals surface area contributed by atoms with Gasteiger partial charge in [-0.3, -0.25) is 4.40 Å². The van der Waals surface area contributed by atoms with E-state index in [2.05, 4.69) is 9.97 Å². The molecule has 0 radical (unpaired) electrons. The van der Waals surface area contributed by atoms with Crippen molar-refractivity contribution in [3.63, 3.8) is 0 Å². The Labute approximate surface area is 117 Å². The van der Waals surface area contributed by atoms with Gasteiger partial charge in [0.15, 0.2) is 0 Å². The number of aromatic nitrogens is 3. The third kappa shape index (κ3) is 2.12. The molecule has 0 atom stereocenters. The van der Waals surface area contributed by atoms with Gasteiger partial charge in [0, 0.05) is 24.5 Å². The molecular weight excluding hydrogens is 252 g/mol. The predicted molar refractivity (Wildman–Crippen MR) is 77.5 cm³/mol. The summed E-state index contributed by atoms with van der Waals surface area (Å²) in [5, 5.41) is 0. The van der Waals surface area contributed by atoms with Gasteiger partial charge >= 0.3 is 0 Å². The lowest BCUT2D eigenvalue weighted by Gasteiger charge is -2.05. The van der Waals surface area contributed by atoms with E-state index in [9.17, 15) is 0 Å². The van der Waals surface area contributed by atoms with Crippen molar-refractivity contribution >= 4 is 5.78 Å². The molecule has 0 aliphatic carbocycles. The van der Waals surface area contributed by atoms with Gasteiger partial charge in [-0.05, 0) is 37.3 Å². The lowest BCUT2D eigenvalue weighted by atomic mass is 10.1. The second-order valence-electron chi connectivity index (χ2n) is 4.36. The molecule has 2 heterocycles. The number of hydrogen-bond donors (Lipinski definition) is 1. The third-order valence-corrected chi connectivity index (χ3v) is 3.13. The Kier molecular flexibility index (Phi) is 3.35. The smallest absolute Gasteiger partial charge is 0.234 e. The molecule has 3 rings (SSSR count). The van der Waals surface area contributed by atoms with Crippen molar-refractivity contribution in [2.45, 2.75) is 13.5 Å². The molecule has 3 aromatic rings. The van der Waals surface area contributed by atoms with Gasteiger partial charge < -0.3 is 10.5 Å². The lowest BCUT2D eigenvalue weighted by Crippen LogP contribution is -2.02. The van der Waals surface area contributed by atoms with Crippen LogP contribution in [0.15, 0.2) is 42.7 Å². The van der Waals surface area contributed by atoms with Crippen LogP contribution in [-0.2, 0) is 6.54 Å². The number of nitrogens with two attached hydrogens (primary N) is 1. The fourth-order valence-corrected chi connectivity index (χ4v) is 2.24. The first-order valence-electron chi connectivity index (χ1n) is 6.58. The van der Waals surface area contributed by atoms with Crippen molar-refractivity contribution in [3.8, 4) is 17.0 Å². The van der Waals surface area contributed by atoms with Gasteiger partial charge in [-0.2, -0.15) is 0 Å². The van der Waals surface area contributed by atoms with Gasteiger partial charge in [0.05, 0.1) is 18.0 Å². The highest BCUT2D eigenvalue weighted by atomic mass is 16.5. The van der Waals surface area contributed by atoms with E-state index in [1.54, 1.807) is 6.20 Å². The summed E-state index contributed by atoms with van der Waals surface area (Å²) >= 11 is 0. The largest absolute Gasteiger partial charge is 0.494 e. The van der Waals surface area contributed by atoms with Gasteiger partial charge in [0.1, 0.15) is 5.75 Å². The lowest BCUT2D eigenvalue weighted by molar-refractivity contribution is 0.340. The van der Waals surface area contributed by atoms with Crippen LogP contribution >= 0.6 is 0 Å². The van der Waals surface area contributed by atoms with E-state index in [1.165, 1.54) is 0 Å². The number of ether oxygens (including phenoxy) is 1. The molecular formula is C15H16N4O. The molecule has 102 valence electrons. The summed E-state index contributed by atoms with van der Waals surface area (Å²) < 4.78 is 7.37. The van der Waals surface area contributed by atoms with Gasteiger partial charge in [0.2, 0.25) is 5.78 Å². The highest BCUT2D eigenvalue weighted by Crippen LogP contribution is 2.25. The van der Waals surface area contributed by atoms with Crippen LogP contribution in [0.3, 0.4) is 0 Å². The van der Waals surface area contributed by atoms with Crippen LogP contribution in [-0.4, -0.2) is 21.0 Å². The number of nitrogens with zero attached hydrogens (tertiary/aromatic N) is 3. The van der Waals surface area contributed by atoms with Gasteiger partial charge in [-0.25, -0.2) is 9.97 Å². The van der Waals surface area contributed by atoms with Crippen LogP contribution in [0, 0.1) is 0 Å². The van der Waals surface area contributed by atoms with Crippen LogP contribution in [0.5, 0.6) is 5.75 Å². The van der Waals surface area contributed by atoms with Crippen LogP contribution < -0.4 is 10.5 Å². The Hall–Kier alpha value is -2.40. The minimum Gasteiger partial charge on any atom is -0.494 e. The molecule has 1 aromatic carbocycles. The first-order chi connectivity index (χ1) is 9.83. The number of rotatable bonds is 4. The summed E-state index contributed by atoms with van der Waals surface area (Å²) in [6, 6.07) is 9.74. The van der Waals surface area contributed by atoms with Gasteiger partial charge in [-0.15, -0.1) is 0 Å². The monoisotopic (exact) mass is 268 g/mol. The number of benzene rings is 1. The molecule has 0 spiro atoms. The SMILES string of the molecule is CCOc1ccc(-c2nc3ncccn3c2CN)cc1. The average Bonchev–Trinajstić information content (AvgIpc) is 2.87. The Morgan fingerprint density at radius 3 is 2.75 bits per heavy atom. The van der Waals surface area contributed by atoms with Crippen LogP contribution in [0.2, 0.25) is 0 Å². The second kappa shape index (κ2) is 5.30. The fraction of sp³-hybridized carbons (Fsp3) is 0.200. The van der Waals surface area contributed by atoms with Crippen molar-refractivity contribution < 1.29 is 4.74 Å². The zero-order valence-corrected chi connectivity index (χ0v) is 11.3. The molecule has 2 N–H and O–H groups in total. The summed E-state index contributed by atoms with van der Waals surface area (Å²) in [5.41, 5.74) is 8.70. The van der Waals surface area contributed by atoms with Crippen LogP contribution in [0.25, 0.3) is 17.0 Å². The molecule has 5 heteroatoms. The number of hydrogen-bond acceptors (Lipinski definition) is 4. The molecule has 0 aliphatic heterocycles. The van der Waals surface area contributed by atoms with E-state index < -0.39 is 0 Å². The highest BCUT2D eigenvalue weighted by Gasteiger charge is 2.13. The molecule has 0 bridgehead atoms. The summed E-state index contributed by atoms with van der Waals surface area (Å²) in [6.45, 7) is 3.04. The van der Waals surface area contributed by atoms with E-state index >= 15 is 0 Å². The topological polar surface area (TPSA) is 65.4 Å². The normalized spacial score (nSPS) is 10.9. The zero-order valence-electron chi connectivity index (χ0n) is 11.3. The molecule has 2 aromatic heterocycles. The maximum Gasteiger partial charge on any atom is 0.234 e. The summed E-state index contributed by atoms with van der Waals surface area (Å²) in [4.78, 5) is 8.82. The van der Waals surface area contributed by atoms with Gasteiger partial charge in [0.25, 0.3) is 0 Å². The molecule has 5 nitrogen and oxygen atoms in total. The molecule has 0 fully saturated rings. The van der Waals surface area contributed by atoms with Crippen molar-refractivity contribution in [2.75, 3.05) is 6.61 Å². The molecule has 0 saturated heterocycles. The first-order valence-corrected chi connectivity index (χ1v) is 6.58. The second-order valence-corrected chi connectivity index (χ2v) is 4.36. The predicted octanol–water partition coefficient (Wildman–Crippen LogP) is 2.25. The maximum atomic E-state index is 5.86. The third-order valence-electron chi connectivity index (χ3n) is 3.13. The standard InChI is InChI=1S/C15H16N4O/c1-2-20-12-6-4-11(5-7-12)14-13(10-16)19-9-3-8-17-15(19)18-14/h3-9H,2,10,16H2,1H3. The summed E-state index contributed by atoms with van der Waals surface area (Å²) in [5.74, 6) is 1.52. The van der Waals surface area contributed by atoms with E-state index in [0.29, 0.717) is 18.9 Å². The fourth-order valence-electron chi connectivity index (χ4n) is 2.24. The van der Waals surface area contributed by atoms with Crippen LogP contribution in [0.1, 0.15) is 12.6 Å².